The van der Waals surface area contributed by atoms with Crippen LogP contribution in [0.5, 0.6) is 0 Å². The van der Waals surface area contributed by atoms with Gasteiger partial charge in [-0.1, -0.05) is 38.8 Å². The Morgan fingerprint density at radius 3 is 2.68 bits per heavy atom. The molecule has 0 saturated carbocycles. The molecule has 0 radical (unpaired) electrons. The van der Waals surface area contributed by atoms with Crippen LogP contribution in [0.15, 0.2) is 24.3 Å². The Balaban J connectivity index is 1.36. The second kappa shape index (κ2) is 10.3. The van der Waals surface area contributed by atoms with Gasteiger partial charge in [0.2, 0.25) is 11.9 Å². The van der Waals surface area contributed by atoms with Crippen LogP contribution in [-0.4, -0.2) is 51.7 Å². The van der Waals surface area contributed by atoms with E-state index in [1.165, 1.54) is 0 Å². The van der Waals surface area contributed by atoms with Crippen molar-refractivity contribution in [3.8, 4) is 0 Å². The fourth-order valence-electron chi connectivity index (χ4n) is 3.79. The van der Waals surface area contributed by atoms with Crippen molar-refractivity contribution in [3.05, 3.63) is 24.3 Å². The van der Waals surface area contributed by atoms with Crippen molar-refractivity contribution in [1.29, 1.82) is 0 Å². The van der Waals surface area contributed by atoms with Gasteiger partial charge >= 0.3 is 12.0 Å². The molecule has 0 aliphatic carbocycles. The van der Waals surface area contributed by atoms with Gasteiger partial charge in [0.1, 0.15) is 6.04 Å². The van der Waals surface area contributed by atoms with E-state index < -0.39 is 12.0 Å². The molecule has 0 unspecified atom stereocenters. The summed E-state index contributed by atoms with van der Waals surface area (Å²) in [5, 5.41) is 14.8. The van der Waals surface area contributed by atoms with Crippen LogP contribution in [0, 0.1) is 5.92 Å². The monoisotopic (exact) mass is 429 g/mol. The van der Waals surface area contributed by atoms with E-state index in [4.69, 9.17) is 0 Å². The van der Waals surface area contributed by atoms with E-state index in [1.807, 2.05) is 38.1 Å². The average Bonchev–Trinajstić information content (AvgIpc) is 3.32. The van der Waals surface area contributed by atoms with Crippen LogP contribution >= 0.6 is 0 Å². The normalized spacial score (nSPS) is 14.8. The lowest BCUT2D eigenvalue weighted by Crippen LogP contribution is -2.44. The van der Waals surface area contributed by atoms with Crippen LogP contribution in [0.1, 0.15) is 46.0 Å². The van der Waals surface area contributed by atoms with E-state index in [0.717, 1.165) is 30.4 Å². The molecule has 3 N–H and O–H groups in total. The van der Waals surface area contributed by atoms with E-state index >= 15 is 0 Å². The van der Waals surface area contributed by atoms with Gasteiger partial charge in [0.25, 0.3) is 0 Å². The van der Waals surface area contributed by atoms with Crippen molar-refractivity contribution < 1.29 is 19.5 Å². The summed E-state index contributed by atoms with van der Waals surface area (Å²) in [7, 11) is 0. The van der Waals surface area contributed by atoms with Gasteiger partial charge in [0.05, 0.1) is 11.0 Å². The van der Waals surface area contributed by atoms with E-state index in [1.54, 1.807) is 4.90 Å². The molecule has 1 aliphatic rings. The molecule has 1 aliphatic heterocycles. The third-order valence-corrected chi connectivity index (χ3v) is 5.82. The topological polar surface area (TPSA) is 117 Å². The summed E-state index contributed by atoms with van der Waals surface area (Å²) in [5.74, 6) is -0.686. The number of carbonyl (C=O) groups is 3. The summed E-state index contributed by atoms with van der Waals surface area (Å²) >= 11 is 0. The Hall–Kier alpha value is -3.10. The first kappa shape index (κ1) is 22.6. The highest BCUT2D eigenvalue weighted by molar-refractivity contribution is 5.93. The summed E-state index contributed by atoms with van der Waals surface area (Å²) in [6.45, 7) is 5.56. The summed E-state index contributed by atoms with van der Waals surface area (Å²) in [6.07, 6.45) is 3.13. The molecule has 1 aromatic carbocycles. The minimum Gasteiger partial charge on any atom is -0.480 e. The lowest BCUT2D eigenvalue weighted by Gasteiger charge is -2.20. The van der Waals surface area contributed by atoms with Crippen molar-refractivity contribution in [2.24, 2.45) is 5.92 Å². The lowest BCUT2D eigenvalue weighted by molar-refractivity contribution is -0.143. The smallest absolute Gasteiger partial charge is 0.326 e. The number of hydrogen-bond acceptors (Lipinski definition) is 4. The van der Waals surface area contributed by atoms with Gasteiger partial charge in [-0.05, 0) is 30.9 Å². The van der Waals surface area contributed by atoms with Crippen molar-refractivity contribution in [3.63, 3.8) is 0 Å². The molecule has 2 aromatic rings. The Morgan fingerprint density at radius 1 is 1.16 bits per heavy atom. The third-order valence-electron chi connectivity index (χ3n) is 5.82. The number of anilines is 1. The maximum atomic E-state index is 12.5. The first-order chi connectivity index (χ1) is 14.9. The zero-order valence-corrected chi connectivity index (χ0v) is 18.1. The van der Waals surface area contributed by atoms with Gasteiger partial charge in [0.15, 0.2) is 0 Å². The standard InChI is InChI=1S/C22H31N5O4/c1-3-15(2)19(20(29)30)25-18(28)11-5-4-8-12-23-22(31)27-14-13-26-17-10-7-6-9-16(17)24-21(26)27/h6-7,9-10,15,19H,3-5,8,11-14H2,1-2H3,(H,23,31)(H,25,28)(H,29,30)/t15-,19-/m0/s1. The first-order valence-corrected chi connectivity index (χ1v) is 10.9. The van der Waals surface area contributed by atoms with Gasteiger partial charge in [-0.3, -0.25) is 9.69 Å². The van der Waals surface area contributed by atoms with E-state index in [-0.39, 0.29) is 24.3 Å². The zero-order chi connectivity index (χ0) is 22.4. The van der Waals surface area contributed by atoms with E-state index in [9.17, 15) is 19.5 Å². The number of para-hydroxylation sites is 2. The fraction of sp³-hybridized carbons (Fsp3) is 0.545. The number of urea groups is 1. The average molecular weight is 430 g/mol. The Labute approximate surface area is 181 Å². The van der Waals surface area contributed by atoms with Crippen LogP contribution in [0.25, 0.3) is 11.0 Å². The van der Waals surface area contributed by atoms with Gasteiger partial charge in [-0.25, -0.2) is 14.6 Å². The largest absolute Gasteiger partial charge is 0.480 e. The van der Waals surface area contributed by atoms with Crippen molar-refractivity contribution >= 4 is 34.9 Å². The summed E-state index contributed by atoms with van der Waals surface area (Å²) in [6, 6.07) is 6.83. The maximum Gasteiger partial charge on any atom is 0.326 e. The predicted octanol–water partition coefficient (Wildman–Crippen LogP) is 2.74. The highest BCUT2D eigenvalue weighted by atomic mass is 16.4. The van der Waals surface area contributed by atoms with Gasteiger partial charge in [0, 0.05) is 26.1 Å². The number of benzene rings is 1. The van der Waals surface area contributed by atoms with Crippen molar-refractivity contribution in [2.75, 3.05) is 18.0 Å². The quantitative estimate of drug-likeness (QED) is 0.502. The molecule has 1 aromatic heterocycles. The number of nitrogens with zero attached hydrogens (tertiary/aromatic N) is 3. The second-order valence-electron chi connectivity index (χ2n) is 8.02. The Kier molecular flexibility index (Phi) is 7.49. The van der Waals surface area contributed by atoms with Crippen molar-refractivity contribution in [1.82, 2.24) is 20.2 Å². The molecule has 3 rings (SSSR count). The molecule has 0 fully saturated rings. The molecule has 9 nitrogen and oxygen atoms in total. The number of carbonyl (C=O) groups excluding carboxylic acids is 2. The summed E-state index contributed by atoms with van der Waals surface area (Å²) in [5.41, 5.74) is 1.91. The molecule has 9 heteroatoms. The molecule has 0 spiro atoms. The molecular formula is C22H31N5O4. The Bertz CT molecular complexity index is 941. The number of unbranched alkanes of at least 4 members (excludes halogenated alkanes) is 2. The first-order valence-electron chi connectivity index (χ1n) is 10.9. The second-order valence-corrected chi connectivity index (χ2v) is 8.02. The van der Waals surface area contributed by atoms with Gasteiger partial charge in [-0.15, -0.1) is 0 Å². The van der Waals surface area contributed by atoms with Crippen LogP contribution in [0.2, 0.25) is 0 Å². The number of fused-ring (bicyclic) bond motifs is 3. The molecule has 2 atom stereocenters. The number of amides is 3. The zero-order valence-electron chi connectivity index (χ0n) is 18.1. The summed E-state index contributed by atoms with van der Waals surface area (Å²) < 4.78 is 2.05. The maximum absolute atomic E-state index is 12.5. The number of aromatic nitrogens is 2. The lowest BCUT2D eigenvalue weighted by atomic mass is 9.99. The van der Waals surface area contributed by atoms with Crippen LogP contribution in [0.4, 0.5) is 10.7 Å². The number of carboxylic acids is 1. The minimum absolute atomic E-state index is 0.115. The number of nitrogens with one attached hydrogen (secondary N) is 2. The molecule has 0 saturated heterocycles. The molecule has 168 valence electrons. The number of hydrogen-bond donors (Lipinski definition) is 3. The number of rotatable bonds is 10. The molecular weight excluding hydrogens is 398 g/mol. The van der Waals surface area contributed by atoms with Crippen LogP contribution in [0.3, 0.4) is 0 Å². The number of imidazole rings is 1. The highest BCUT2D eigenvalue weighted by Crippen LogP contribution is 2.26. The molecule has 0 bridgehead atoms. The molecule has 31 heavy (non-hydrogen) atoms. The highest BCUT2D eigenvalue weighted by Gasteiger charge is 2.28. The minimum atomic E-state index is -0.999. The molecule has 3 amide bonds. The van der Waals surface area contributed by atoms with Gasteiger partial charge < -0.3 is 20.3 Å². The van der Waals surface area contributed by atoms with Crippen LogP contribution < -0.4 is 15.5 Å². The van der Waals surface area contributed by atoms with E-state index in [2.05, 4.69) is 20.2 Å². The number of aliphatic carboxylic acids is 1. The van der Waals surface area contributed by atoms with Crippen LogP contribution in [-0.2, 0) is 16.1 Å². The van der Waals surface area contributed by atoms with E-state index in [0.29, 0.717) is 31.9 Å². The van der Waals surface area contributed by atoms with Gasteiger partial charge in [-0.2, -0.15) is 0 Å². The SMILES string of the molecule is CC[C@H](C)[C@H](NC(=O)CCCCCNC(=O)N1CCn2c1nc1ccccc12)C(=O)O. The third kappa shape index (κ3) is 5.34. The summed E-state index contributed by atoms with van der Waals surface area (Å²) in [4.78, 5) is 42.1. The fourth-order valence-corrected chi connectivity index (χ4v) is 3.79. The predicted molar refractivity (Wildman–Crippen MR) is 118 cm³/mol. The number of carboxylic acid groups (broad SMARTS) is 1. The molecule has 2 heterocycles. The van der Waals surface area contributed by atoms with Crippen molar-refractivity contribution in [2.45, 2.75) is 58.5 Å². The Morgan fingerprint density at radius 2 is 1.94 bits per heavy atom.